The topological polar surface area (TPSA) is 54.7 Å². The summed E-state index contributed by atoms with van der Waals surface area (Å²) >= 11 is 0. The molecular weight excluding hydrogens is 244 g/mol. The average Bonchev–Trinajstić information content (AvgIpc) is 2.79. The van der Waals surface area contributed by atoms with Crippen molar-refractivity contribution in [3.63, 3.8) is 0 Å². The van der Waals surface area contributed by atoms with Crippen LogP contribution in [0.4, 0.5) is 0 Å². The fourth-order valence-electron chi connectivity index (χ4n) is 1.93. The summed E-state index contributed by atoms with van der Waals surface area (Å²) < 4.78 is 10.2. The second-order valence-corrected chi connectivity index (χ2v) is 4.38. The molecule has 1 rings (SSSR count). The maximum Gasteiger partial charge on any atom is 0.341 e. The van der Waals surface area contributed by atoms with Gasteiger partial charge < -0.3 is 19.4 Å². The van der Waals surface area contributed by atoms with E-state index in [-0.39, 0.29) is 5.97 Å². The number of carbonyl (C=O) groups is 1. The van der Waals surface area contributed by atoms with Crippen LogP contribution in [0.2, 0.25) is 0 Å². The molecule has 1 heterocycles. The van der Waals surface area contributed by atoms with Crippen molar-refractivity contribution in [3.8, 4) is 0 Å². The number of hydrogen-bond donors (Lipinski definition) is 1. The van der Waals surface area contributed by atoms with E-state index < -0.39 is 0 Å². The van der Waals surface area contributed by atoms with Gasteiger partial charge in [-0.25, -0.2) is 4.79 Å². The van der Waals surface area contributed by atoms with Gasteiger partial charge >= 0.3 is 5.97 Å². The number of furan rings is 1. The zero-order chi connectivity index (χ0) is 14.3. The first-order valence-electron chi connectivity index (χ1n) is 6.73. The highest BCUT2D eigenvalue weighted by Gasteiger charge is 2.14. The Morgan fingerprint density at radius 2 is 2.11 bits per heavy atom. The van der Waals surface area contributed by atoms with E-state index in [2.05, 4.69) is 24.1 Å². The Morgan fingerprint density at radius 1 is 1.42 bits per heavy atom. The molecule has 0 saturated carbocycles. The molecule has 0 fully saturated rings. The van der Waals surface area contributed by atoms with Crippen LogP contribution in [-0.2, 0) is 11.3 Å². The van der Waals surface area contributed by atoms with Crippen LogP contribution in [0.1, 0.15) is 35.7 Å². The van der Waals surface area contributed by atoms with Crippen molar-refractivity contribution in [1.29, 1.82) is 0 Å². The van der Waals surface area contributed by atoms with Gasteiger partial charge in [0.2, 0.25) is 0 Å². The summed E-state index contributed by atoms with van der Waals surface area (Å²) in [5.74, 6) is 1.01. The molecule has 1 N–H and O–H groups in total. The van der Waals surface area contributed by atoms with E-state index in [0.29, 0.717) is 17.9 Å². The third-order valence-electron chi connectivity index (χ3n) is 3.17. The lowest BCUT2D eigenvalue weighted by molar-refractivity contribution is 0.0599. The summed E-state index contributed by atoms with van der Waals surface area (Å²) in [5, 5.41) is 3.31. The molecule has 0 bridgehead atoms. The number of likely N-dealkylation sites (N-methyl/N-ethyl adjacent to an activating group) is 1. The van der Waals surface area contributed by atoms with Crippen LogP contribution >= 0.6 is 0 Å². The Morgan fingerprint density at radius 3 is 2.68 bits per heavy atom. The lowest BCUT2D eigenvalue weighted by Crippen LogP contribution is -2.31. The highest BCUT2D eigenvalue weighted by Crippen LogP contribution is 2.15. The second kappa shape index (κ2) is 7.96. The molecule has 0 spiro atoms. The van der Waals surface area contributed by atoms with Gasteiger partial charge in [-0.15, -0.1) is 0 Å². The van der Waals surface area contributed by atoms with Crippen LogP contribution in [0.3, 0.4) is 0 Å². The molecule has 0 aliphatic heterocycles. The Bertz CT molecular complexity index is 397. The van der Waals surface area contributed by atoms with E-state index in [0.717, 1.165) is 31.9 Å². The Labute approximate surface area is 114 Å². The smallest absolute Gasteiger partial charge is 0.341 e. The minimum atomic E-state index is -0.351. The minimum absolute atomic E-state index is 0.351. The average molecular weight is 268 g/mol. The van der Waals surface area contributed by atoms with Gasteiger partial charge in [-0.05, 0) is 26.1 Å². The van der Waals surface area contributed by atoms with E-state index >= 15 is 0 Å². The standard InChI is InChI=1S/C14H24N2O3/c1-5-16(6-2)8-7-15-10-12-9-13(11(3)19-12)14(17)18-4/h9,15H,5-8,10H2,1-4H3. The van der Waals surface area contributed by atoms with E-state index in [1.807, 2.05) is 0 Å². The van der Waals surface area contributed by atoms with Gasteiger partial charge in [0.25, 0.3) is 0 Å². The molecule has 0 saturated heterocycles. The number of methoxy groups -OCH3 is 1. The minimum Gasteiger partial charge on any atom is -0.465 e. The van der Waals surface area contributed by atoms with Crippen molar-refractivity contribution in [2.24, 2.45) is 0 Å². The largest absolute Gasteiger partial charge is 0.465 e. The van der Waals surface area contributed by atoms with Gasteiger partial charge in [0.05, 0.1) is 13.7 Å². The van der Waals surface area contributed by atoms with Crippen molar-refractivity contribution >= 4 is 5.97 Å². The number of nitrogens with zero attached hydrogens (tertiary/aromatic N) is 1. The summed E-state index contributed by atoms with van der Waals surface area (Å²) in [4.78, 5) is 13.8. The highest BCUT2D eigenvalue weighted by atomic mass is 16.5. The molecule has 0 aliphatic carbocycles. The van der Waals surface area contributed by atoms with Gasteiger partial charge in [0.15, 0.2) is 0 Å². The molecule has 1 aromatic heterocycles. The van der Waals surface area contributed by atoms with Crippen molar-refractivity contribution < 1.29 is 13.9 Å². The Hall–Kier alpha value is -1.33. The molecule has 0 radical (unpaired) electrons. The van der Waals surface area contributed by atoms with E-state index in [1.165, 1.54) is 7.11 Å². The monoisotopic (exact) mass is 268 g/mol. The SMILES string of the molecule is CCN(CC)CCNCc1cc(C(=O)OC)c(C)o1. The first-order chi connectivity index (χ1) is 9.12. The summed E-state index contributed by atoms with van der Waals surface area (Å²) in [6, 6.07) is 1.74. The maximum atomic E-state index is 11.4. The highest BCUT2D eigenvalue weighted by molar-refractivity contribution is 5.90. The first kappa shape index (κ1) is 15.7. The van der Waals surface area contributed by atoms with Gasteiger partial charge in [-0.1, -0.05) is 13.8 Å². The summed E-state index contributed by atoms with van der Waals surface area (Å²) in [6.45, 7) is 10.7. The quantitative estimate of drug-likeness (QED) is 0.575. The van der Waals surface area contributed by atoms with E-state index in [1.54, 1.807) is 13.0 Å². The first-order valence-corrected chi connectivity index (χ1v) is 6.73. The summed E-state index contributed by atoms with van der Waals surface area (Å²) in [6.07, 6.45) is 0. The normalized spacial score (nSPS) is 11.0. The van der Waals surface area contributed by atoms with Crippen LogP contribution in [0.25, 0.3) is 0 Å². The summed E-state index contributed by atoms with van der Waals surface area (Å²) in [5.41, 5.74) is 0.503. The molecule has 0 unspecified atom stereocenters. The fourth-order valence-corrected chi connectivity index (χ4v) is 1.93. The zero-order valence-electron chi connectivity index (χ0n) is 12.3. The predicted octanol–water partition coefficient (Wildman–Crippen LogP) is 1.81. The van der Waals surface area contributed by atoms with Gasteiger partial charge in [-0.2, -0.15) is 0 Å². The van der Waals surface area contributed by atoms with Crippen molar-refractivity contribution in [2.75, 3.05) is 33.3 Å². The van der Waals surface area contributed by atoms with Crippen molar-refractivity contribution in [3.05, 3.63) is 23.2 Å². The number of rotatable bonds is 8. The number of hydrogen-bond acceptors (Lipinski definition) is 5. The van der Waals surface area contributed by atoms with E-state index in [4.69, 9.17) is 9.15 Å². The Kier molecular flexibility index (Phi) is 6.59. The number of carbonyl (C=O) groups excluding carboxylic acids is 1. The molecule has 0 amide bonds. The zero-order valence-corrected chi connectivity index (χ0v) is 12.3. The second-order valence-electron chi connectivity index (χ2n) is 4.38. The number of nitrogens with one attached hydrogen (secondary N) is 1. The number of ether oxygens (including phenoxy) is 1. The third-order valence-corrected chi connectivity index (χ3v) is 3.17. The van der Waals surface area contributed by atoms with Crippen LogP contribution < -0.4 is 5.32 Å². The maximum absolute atomic E-state index is 11.4. The predicted molar refractivity (Wildman–Crippen MR) is 74.3 cm³/mol. The fraction of sp³-hybridized carbons (Fsp3) is 0.643. The molecule has 5 heteroatoms. The molecule has 19 heavy (non-hydrogen) atoms. The molecule has 0 atom stereocenters. The van der Waals surface area contributed by atoms with Crippen LogP contribution in [0.15, 0.2) is 10.5 Å². The van der Waals surface area contributed by atoms with Crippen LogP contribution in [0.5, 0.6) is 0 Å². The molecule has 0 aliphatic rings. The number of aryl methyl sites for hydroxylation is 1. The lowest BCUT2D eigenvalue weighted by Gasteiger charge is -2.17. The van der Waals surface area contributed by atoms with Crippen LogP contribution in [-0.4, -0.2) is 44.2 Å². The lowest BCUT2D eigenvalue weighted by atomic mass is 10.2. The molecule has 1 aromatic rings. The Balaban J connectivity index is 2.40. The van der Waals surface area contributed by atoms with Gasteiger partial charge in [-0.3, -0.25) is 0 Å². The summed E-state index contributed by atoms with van der Waals surface area (Å²) in [7, 11) is 1.37. The van der Waals surface area contributed by atoms with E-state index in [9.17, 15) is 4.79 Å². The molecule has 108 valence electrons. The van der Waals surface area contributed by atoms with Gasteiger partial charge in [0, 0.05) is 13.1 Å². The van der Waals surface area contributed by atoms with Crippen LogP contribution in [0, 0.1) is 6.92 Å². The third kappa shape index (κ3) is 4.69. The molecule has 5 nitrogen and oxygen atoms in total. The molecular formula is C14H24N2O3. The molecule has 0 aromatic carbocycles. The van der Waals surface area contributed by atoms with Crippen molar-refractivity contribution in [1.82, 2.24) is 10.2 Å². The van der Waals surface area contributed by atoms with Crippen molar-refractivity contribution in [2.45, 2.75) is 27.3 Å². The number of esters is 1. The van der Waals surface area contributed by atoms with Gasteiger partial charge in [0.1, 0.15) is 17.1 Å².